The van der Waals surface area contributed by atoms with Crippen LogP contribution >= 0.6 is 0 Å². The number of carboxylic acids is 1. The number of hydrogen-bond acceptors (Lipinski definition) is 2. The van der Waals surface area contributed by atoms with Gasteiger partial charge in [0.2, 0.25) is 0 Å². The van der Waals surface area contributed by atoms with Crippen LogP contribution in [0.3, 0.4) is 0 Å². The SMILES string of the molecule is CN(C)C(/C=C/C(=O)O)c1ccc2ccccc2c1. The van der Waals surface area contributed by atoms with E-state index < -0.39 is 5.97 Å². The molecule has 3 nitrogen and oxygen atoms in total. The summed E-state index contributed by atoms with van der Waals surface area (Å²) in [6, 6.07) is 14.3. The van der Waals surface area contributed by atoms with E-state index in [1.165, 1.54) is 11.5 Å². The van der Waals surface area contributed by atoms with Gasteiger partial charge in [0.15, 0.2) is 0 Å². The zero-order valence-corrected chi connectivity index (χ0v) is 11.1. The Bertz CT molecular complexity index is 617. The number of benzene rings is 2. The Labute approximate surface area is 112 Å². The van der Waals surface area contributed by atoms with Crippen LogP contribution in [-0.2, 0) is 4.79 Å². The van der Waals surface area contributed by atoms with Crippen LogP contribution in [0.5, 0.6) is 0 Å². The van der Waals surface area contributed by atoms with Crippen LogP contribution in [0.25, 0.3) is 10.8 Å². The fourth-order valence-electron chi connectivity index (χ4n) is 2.15. The summed E-state index contributed by atoms with van der Waals surface area (Å²) < 4.78 is 0. The Hall–Kier alpha value is -2.13. The molecule has 0 aromatic heterocycles. The van der Waals surface area contributed by atoms with Crippen LogP contribution < -0.4 is 0 Å². The molecule has 0 heterocycles. The van der Waals surface area contributed by atoms with Gasteiger partial charge < -0.3 is 5.11 Å². The summed E-state index contributed by atoms with van der Waals surface area (Å²) in [5.74, 6) is -0.923. The fraction of sp³-hybridized carbons (Fsp3) is 0.188. The molecule has 2 aromatic carbocycles. The van der Waals surface area contributed by atoms with Crippen molar-refractivity contribution < 1.29 is 9.90 Å². The van der Waals surface area contributed by atoms with Crippen molar-refractivity contribution >= 4 is 16.7 Å². The third-order valence-corrected chi connectivity index (χ3v) is 3.09. The first kappa shape index (κ1) is 13.3. The summed E-state index contributed by atoms with van der Waals surface area (Å²) >= 11 is 0. The second kappa shape index (κ2) is 5.67. The minimum absolute atomic E-state index is 0.0410. The van der Waals surface area contributed by atoms with Gasteiger partial charge in [0.25, 0.3) is 0 Å². The minimum Gasteiger partial charge on any atom is -0.478 e. The molecule has 0 saturated carbocycles. The Balaban J connectivity index is 2.41. The Morgan fingerprint density at radius 1 is 1.16 bits per heavy atom. The number of rotatable bonds is 4. The summed E-state index contributed by atoms with van der Waals surface area (Å²) in [4.78, 5) is 12.7. The monoisotopic (exact) mass is 255 g/mol. The average Bonchev–Trinajstić information content (AvgIpc) is 2.38. The highest BCUT2D eigenvalue weighted by Crippen LogP contribution is 2.24. The second-order valence-corrected chi connectivity index (χ2v) is 4.71. The third kappa shape index (κ3) is 3.20. The Morgan fingerprint density at radius 2 is 1.84 bits per heavy atom. The molecule has 1 unspecified atom stereocenters. The van der Waals surface area contributed by atoms with E-state index in [1.54, 1.807) is 6.08 Å². The van der Waals surface area contributed by atoms with Gasteiger partial charge in [0, 0.05) is 6.08 Å². The number of likely N-dealkylation sites (N-methyl/N-ethyl adjacent to an activating group) is 1. The van der Waals surface area contributed by atoms with E-state index in [2.05, 4.69) is 24.3 Å². The Morgan fingerprint density at radius 3 is 2.47 bits per heavy atom. The van der Waals surface area contributed by atoms with Gasteiger partial charge in [-0.2, -0.15) is 0 Å². The van der Waals surface area contributed by atoms with Gasteiger partial charge in [-0.15, -0.1) is 0 Å². The van der Waals surface area contributed by atoms with E-state index in [9.17, 15) is 4.79 Å². The van der Waals surface area contributed by atoms with Gasteiger partial charge in [0.1, 0.15) is 0 Å². The summed E-state index contributed by atoms with van der Waals surface area (Å²) in [7, 11) is 3.87. The molecule has 0 saturated heterocycles. The lowest BCUT2D eigenvalue weighted by atomic mass is 10.0. The predicted octanol–water partition coefficient (Wildman–Crippen LogP) is 3.08. The standard InChI is InChI=1S/C16H17NO2/c1-17(2)15(9-10-16(18)19)14-8-7-12-5-3-4-6-13(12)11-14/h3-11,15H,1-2H3,(H,18,19)/b10-9+. The first-order valence-electron chi connectivity index (χ1n) is 6.14. The molecule has 2 rings (SSSR count). The molecule has 1 N–H and O–H groups in total. The minimum atomic E-state index is -0.923. The van der Waals surface area contributed by atoms with Gasteiger partial charge >= 0.3 is 5.97 Å². The molecule has 0 spiro atoms. The van der Waals surface area contributed by atoms with Crippen LogP contribution in [0.15, 0.2) is 54.6 Å². The van der Waals surface area contributed by atoms with Crippen molar-refractivity contribution in [3.05, 3.63) is 60.2 Å². The lowest BCUT2D eigenvalue weighted by molar-refractivity contribution is -0.131. The maximum Gasteiger partial charge on any atom is 0.328 e. The summed E-state index contributed by atoms with van der Waals surface area (Å²) in [5.41, 5.74) is 1.08. The zero-order chi connectivity index (χ0) is 13.8. The van der Waals surface area contributed by atoms with E-state index in [4.69, 9.17) is 5.11 Å². The second-order valence-electron chi connectivity index (χ2n) is 4.71. The predicted molar refractivity (Wildman–Crippen MR) is 77.2 cm³/mol. The normalized spacial score (nSPS) is 13.2. The topological polar surface area (TPSA) is 40.5 Å². The van der Waals surface area contributed by atoms with E-state index in [1.807, 2.05) is 37.2 Å². The molecule has 0 aliphatic carbocycles. The average molecular weight is 255 g/mol. The van der Waals surface area contributed by atoms with Crippen molar-refractivity contribution in [1.29, 1.82) is 0 Å². The number of carboxylic acid groups (broad SMARTS) is 1. The quantitative estimate of drug-likeness (QED) is 0.853. The molecule has 0 bridgehead atoms. The van der Waals surface area contributed by atoms with Crippen molar-refractivity contribution in [2.24, 2.45) is 0 Å². The maximum atomic E-state index is 10.7. The van der Waals surface area contributed by atoms with Crippen LogP contribution in [0, 0.1) is 0 Å². The van der Waals surface area contributed by atoms with Crippen LogP contribution in [0.1, 0.15) is 11.6 Å². The van der Waals surface area contributed by atoms with Gasteiger partial charge in [0.05, 0.1) is 6.04 Å². The van der Waals surface area contributed by atoms with E-state index in [-0.39, 0.29) is 6.04 Å². The Kier molecular flexibility index (Phi) is 3.97. The first-order valence-corrected chi connectivity index (χ1v) is 6.14. The molecule has 0 aliphatic heterocycles. The maximum absolute atomic E-state index is 10.7. The van der Waals surface area contributed by atoms with Gasteiger partial charge in [-0.1, -0.05) is 42.5 Å². The van der Waals surface area contributed by atoms with Crippen molar-refractivity contribution in [2.75, 3.05) is 14.1 Å². The number of fused-ring (bicyclic) bond motifs is 1. The lowest BCUT2D eigenvalue weighted by Gasteiger charge is -2.21. The summed E-state index contributed by atoms with van der Waals surface area (Å²) in [6.45, 7) is 0. The molecule has 2 aromatic rings. The molecular formula is C16H17NO2. The van der Waals surface area contributed by atoms with Crippen LogP contribution in [0.2, 0.25) is 0 Å². The third-order valence-electron chi connectivity index (χ3n) is 3.09. The molecule has 0 radical (unpaired) electrons. The molecule has 3 heteroatoms. The zero-order valence-electron chi connectivity index (χ0n) is 11.1. The van der Waals surface area contributed by atoms with Gasteiger partial charge in [-0.05, 0) is 36.5 Å². The molecule has 98 valence electrons. The van der Waals surface area contributed by atoms with Gasteiger partial charge in [-0.25, -0.2) is 4.79 Å². The molecule has 0 amide bonds. The molecule has 0 fully saturated rings. The largest absolute Gasteiger partial charge is 0.478 e. The van der Waals surface area contributed by atoms with Gasteiger partial charge in [-0.3, -0.25) is 4.90 Å². The van der Waals surface area contributed by atoms with Crippen LogP contribution in [-0.4, -0.2) is 30.1 Å². The molecular weight excluding hydrogens is 238 g/mol. The van der Waals surface area contributed by atoms with Crippen molar-refractivity contribution in [3.8, 4) is 0 Å². The molecule has 1 atom stereocenters. The van der Waals surface area contributed by atoms with Crippen molar-refractivity contribution in [3.63, 3.8) is 0 Å². The number of carbonyl (C=O) groups is 1. The van der Waals surface area contributed by atoms with E-state index >= 15 is 0 Å². The molecule has 0 aliphatic rings. The van der Waals surface area contributed by atoms with Crippen molar-refractivity contribution in [1.82, 2.24) is 4.90 Å². The summed E-state index contributed by atoms with van der Waals surface area (Å²) in [6.07, 6.45) is 2.90. The number of hydrogen-bond donors (Lipinski definition) is 1. The number of aliphatic carboxylic acids is 1. The molecule has 19 heavy (non-hydrogen) atoms. The number of nitrogens with zero attached hydrogens (tertiary/aromatic N) is 1. The lowest BCUT2D eigenvalue weighted by Crippen LogP contribution is -2.18. The highest BCUT2D eigenvalue weighted by Gasteiger charge is 2.11. The van der Waals surface area contributed by atoms with Crippen LogP contribution in [0.4, 0.5) is 0 Å². The van der Waals surface area contributed by atoms with Crippen molar-refractivity contribution in [2.45, 2.75) is 6.04 Å². The first-order chi connectivity index (χ1) is 9.08. The highest BCUT2D eigenvalue weighted by molar-refractivity contribution is 5.83. The summed E-state index contributed by atoms with van der Waals surface area (Å²) in [5, 5.41) is 11.1. The van der Waals surface area contributed by atoms with E-state index in [0.29, 0.717) is 0 Å². The smallest absolute Gasteiger partial charge is 0.328 e. The van der Waals surface area contributed by atoms with E-state index in [0.717, 1.165) is 10.9 Å². The highest BCUT2D eigenvalue weighted by atomic mass is 16.4. The fourth-order valence-corrected chi connectivity index (χ4v) is 2.15.